The number of nitrogens with one attached hydrogen (secondary N) is 1. The maximum atomic E-state index is 9.76. The normalized spacial score (nSPS) is 13.0. The van der Waals surface area contributed by atoms with Crippen LogP contribution in [0.2, 0.25) is 0 Å². The van der Waals surface area contributed by atoms with Crippen LogP contribution in [0.3, 0.4) is 0 Å². The molecule has 5 heteroatoms. The maximum absolute atomic E-state index is 9.76. The average Bonchev–Trinajstić information content (AvgIpc) is 2.63. The number of benzene rings is 2. The van der Waals surface area contributed by atoms with Gasteiger partial charge in [0.1, 0.15) is 12.4 Å². The molecule has 0 bridgehead atoms. The first-order chi connectivity index (χ1) is 12.7. The molecule has 0 radical (unpaired) electrons. The molecule has 0 aliphatic heterocycles. The molecular formula is C22H31NO4. The molecule has 0 amide bonds. The summed E-state index contributed by atoms with van der Waals surface area (Å²) in [6.45, 7) is 7.04. The van der Waals surface area contributed by atoms with E-state index in [4.69, 9.17) is 14.9 Å². The zero-order valence-electron chi connectivity index (χ0n) is 16.4. The highest BCUT2D eigenvalue weighted by Gasteiger charge is 2.12. The quantitative estimate of drug-likeness (QED) is 0.379. The van der Waals surface area contributed by atoms with E-state index in [1.54, 1.807) is 12.1 Å². The van der Waals surface area contributed by atoms with Crippen LogP contribution in [0.5, 0.6) is 5.75 Å². The predicted molar refractivity (Wildman–Crippen MR) is 106 cm³/mol. The first-order valence-corrected chi connectivity index (χ1v) is 9.38. The fourth-order valence-electron chi connectivity index (χ4n) is 2.78. The predicted octanol–water partition coefficient (Wildman–Crippen LogP) is 3.45. The monoisotopic (exact) mass is 373 g/mol. The van der Waals surface area contributed by atoms with Gasteiger partial charge >= 0.3 is 0 Å². The molecule has 1 atom stereocenters. The van der Waals surface area contributed by atoms with Crippen LogP contribution >= 0.6 is 0 Å². The summed E-state index contributed by atoms with van der Waals surface area (Å²) in [5, 5.41) is 31.5. The summed E-state index contributed by atoms with van der Waals surface area (Å²) >= 11 is 0. The number of aliphatic hydroxyl groups is 3. The van der Waals surface area contributed by atoms with Gasteiger partial charge in [-0.1, -0.05) is 36.4 Å². The van der Waals surface area contributed by atoms with E-state index in [2.05, 4.69) is 18.3 Å². The standard InChI is InChI=1S/C22H31NO4/c1-16(23-13-5-12-22(2,3)26)19-6-4-7-20(14-19)27-15-17-8-10-18(11-9-17)21(24)25/h4,6-11,14,16,21,23-26H,5,12-13,15H2,1-3H3. The van der Waals surface area contributed by atoms with E-state index in [1.165, 1.54) is 0 Å². The molecule has 0 aliphatic carbocycles. The summed E-state index contributed by atoms with van der Waals surface area (Å²) in [5.41, 5.74) is 1.95. The number of hydrogen-bond acceptors (Lipinski definition) is 5. The van der Waals surface area contributed by atoms with Gasteiger partial charge in [0.2, 0.25) is 0 Å². The highest BCUT2D eigenvalue weighted by atomic mass is 16.5. The number of rotatable bonds is 10. The van der Waals surface area contributed by atoms with Gasteiger partial charge in [-0.25, -0.2) is 0 Å². The highest BCUT2D eigenvalue weighted by Crippen LogP contribution is 2.21. The Morgan fingerprint density at radius 1 is 1.04 bits per heavy atom. The van der Waals surface area contributed by atoms with E-state index >= 15 is 0 Å². The highest BCUT2D eigenvalue weighted by molar-refractivity contribution is 5.31. The minimum Gasteiger partial charge on any atom is -0.489 e. The molecule has 2 aromatic rings. The summed E-state index contributed by atoms with van der Waals surface area (Å²) in [6.07, 6.45) is 0.235. The minimum atomic E-state index is -1.45. The fourth-order valence-corrected chi connectivity index (χ4v) is 2.78. The van der Waals surface area contributed by atoms with Crippen LogP contribution in [0.4, 0.5) is 0 Å². The van der Waals surface area contributed by atoms with Crippen LogP contribution in [0.1, 0.15) is 62.6 Å². The lowest BCUT2D eigenvalue weighted by molar-refractivity contribution is -0.0425. The number of hydrogen-bond donors (Lipinski definition) is 4. The van der Waals surface area contributed by atoms with Gasteiger partial charge in [0.25, 0.3) is 0 Å². The Kier molecular flexibility index (Phi) is 7.80. The SMILES string of the molecule is CC(NCCCC(C)(C)O)c1cccc(OCc2ccc(C(O)O)cc2)c1. The van der Waals surface area contributed by atoms with Crippen molar-refractivity contribution >= 4 is 0 Å². The van der Waals surface area contributed by atoms with Gasteiger partial charge in [0, 0.05) is 11.6 Å². The molecule has 1 unspecified atom stereocenters. The summed E-state index contributed by atoms with van der Waals surface area (Å²) in [7, 11) is 0. The van der Waals surface area contributed by atoms with E-state index in [0.717, 1.165) is 36.3 Å². The fraction of sp³-hybridized carbons (Fsp3) is 0.455. The molecule has 0 aliphatic rings. The molecule has 27 heavy (non-hydrogen) atoms. The van der Waals surface area contributed by atoms with Crippen molar-refractivity contribution in [1.29, 1.82) is 0 Å². The first-order valence-electron chi connectivity index (χ1n) is 9.38. The second-order valence-corrected chi connectivity index (χ2v) is 7.57. The third-order valence-electron chi connectivity index (χ3n) is 4.46. The van der Waals surface area contributed by atoms with E-state index in [-0.39, 0.29) is 6.04 Å². The third-order valence-corrected chi connectivity index (χ3v) is 4.46. The Morgan fingerprint density at radius 3 is 2.37 bits per heavy atom. The summed E-state index contributed by atoms with van der Waals surface area (Å²) in [4.78, 5) is 0. The van der Waals surface area contributed by atoms with E-state index < -0.39 is 11.9 Å². The van der Waals surface area contributed by atoms with Crippen molar-refractivity contribution in [1.82, 2.24) is 5.32 Å². The number of ether oxygens (including phenoxy) is 1. The lowest BCUT2D eigenvalue weighted by Gasteiger charge is -2.19. The molecule has 0 saturated carbocycles. The molecule has 148 valence electrons. The van der Waals surface area contributed by atoms with Crippen LogP contribution in [-0.4, -0.2) is 27.5 Å². The molecule has 2 aromatic carbocycles. The van der Waals surface area contributed by atoms with E-state index in [0.29, 0.717) is 12.2 Å². The van der Waals surface area contributed by atoms with E-state index in [1.807, 2.05) is 44.2 Å². The lowest BCUT2D eigenvalue weighted by Crippen LogP contribution is -2.24. The topological polar surface area (TPSA) is 82.0 Å². The summed E-state index contributed by atoms with van der Waals surface area (Å²) in [5.74, 6) is 0.795. The van der Waals surface area contributed by atoms with Gasteiger partial charge in [-0.05, 0) is 63.4 Å². The minimum absolute atomic E-state index is 0.195. The maximum Gasteiger partial charge on any atom is 0.178 e. The molecule has 4 N–H and O–H groups in total. The van der Waals surface area contributed by atoms with Gasteiger partial charge in [0.15, 0.2) is 6.29 Å². The molecule has 5 nitrogen and oxygen atoms in total. The van der Waals surface area contributed by atoms with Crippen molar-refractivity contribution < 1.29 is 20.1 Å². The second-order valence-electron chi connectivity index (χ2n) is 7.57. The van der Waals surface area contributed by atoms with Gasteiger partial charge < -0.3 is 25.4 Å². The molecule has 0 heterocycles. The Labute approximate surface area is 161 Å². The average molecular weight is 373 g/mol. The number of aliphatic hydroxyl groups excluding tert-OH is 1. The largest absolute Gasteiger partial charge is 0.489 e. The van der Waals surface area contributed by atoms with Crippen molar-refractivity contribution in [3.8, 4) is 5.75 Å². The van der Waals surface area contributed by atoms with Crippen molar-refractivity contribution in [2.45, 2.75) is 58.2 Å². The van der Waals surface area contributed by atoms with Crippen LogP contribution in [0.25, 0.3) is 0 Å². The van der Waals surface area contributed by atoms with Gasteiger partial charge in [0.05, 0.1) is 5.60 Å². The Bertz CT molecular complexity index is 692. The van der Waals surface area contributed by atoms with Crippen molar-refractivity contribution in [3.63, 3.8) is 0 Å². The van der Waals surface area contributed by atoms with Gasteiger partial charge in [-0.2, -0.15) is 0 Å². The molecular weight excluding hydrogens is 342 g/mol. The molecule has 0 fully saturated rings. The van der Waals surface area contributed by atoms with Crippen LogP contribution in [-0.2, 0) is 6.61 Å². The molecule has 0 spiro atoms. The van der Waals surface area contributed by atoms with Gasteiger partial charge in [-0.3, -0.25) is 0 Å². The Balaban J connectivity index is 1.85. The molecule has 2 rings (SSSR count). The lowest BCUT2D eigenvalue weighted by atomic mass is 10.0. The molecule has 0 saturated heterocycles. The zero-order chi connectivity index (χ0) is 19.9. The van der Waals surface area contributed by atoms with Gasteiger partial charge in [-0.15, -0.1) is 0 Å². The third kappa shape index (κ3) is 7.69. The summed E-state index contributed by atoms with van der Waals surface area (Å²) in [6, 6.07) is 15.2. The van der Waals surface area contributed by atoms with Crippen LogP contribution in [0, 0.1) is 0 Å². The molecule has 0 aromatic heterocycles. The Hall–Kier alpha value is -1.92. The Morgan fingerprint density at radius 2 is 1.74 bits per heavy atom. The van der Waals surface area contributed by atoms with Crippen molar-refractivity contribution in [2.75, 3.05) is 6.54 Å². The first kappa shape index (κ1) is 21.4. The van der Waals surface area contributed by atoms with Crippen LogP contribution in [0.15, 0.2) is 48.5 Å². The zero-order valence-corrected chi connectivity index (χ0v) is 16.4. The summed E-state index contributed by atoms with van der Waals surface area (Å²) < 4.78 is 5.87. The van der Waals surface area contributed by atoms with Crippen LogP contribution < -0.4 is 10.1 Å². The van der Waals surface area contributed by atoms with Crippen molar-refractivity contribution in [3.05, 3.63) is 65.2 Å². The smallest absolute Gasteiger partial charge is 0.178 e. The van der Waals surface area contributed by atoms with Crippen molar-refractivity contribution in [2.24, 2.45) is 0 Å². The van der Waals surface area contributed by atoms with E-state index in [9.17, 15) is 5.11 Å². The second kappa shape index (κ2) is 9.85.